The van der Waals surface area contributed by atoms with Gasteiger partial charge in [-0.05, 0) is 42.0 Å². The summed E-state index contributed by atoms with van der Waals surface area (Å²) in [6, 6.07) is 16.4. The van der Waals surface area contributed by atoms with Gasteiger partial charge in [-0.2, -0.15) is 0 Å². The summed E-state index contributed by atoms with van der Waals surface area (Å²) in [5.74, 6) is 1.16. The highest BCUT2D eigenvalue weighted by Gasteiger charge is 2.13. The SMILES string of the molecule is CC(C)CC(C)c1cccc(Nc2ccccc2)c1N. The normalized spacial score (nSPS) is 12.4. The molecule has 0 saturated carbocycles. The van der Waals surface area contributed by atoms with Crippen LogP contribution in [0.25, 0.3) is 0 Å². The second kappa shape index (κ2) is 6.47. The first-order chi connectivity index (χ1) is 9.58. The number of hydrogen-bond donors (Lipinski definition) is 2. The highest BCUT2D eigenvalue weighted by atomic mass is 14.9. The van der Waals surface area contributed by atoms with Crippen molar-refractivity contribution in [3.63, 3.8) is 0 Å². The number of benzene rings is 2. The Kier molecular flexibility index (Phi) is 4.67. The summed E-state index contributed by atoms with van der Waals surface area (Å²) in [6.45, 7) is 6.75. The van der Waals surface area contributed by atoms with E-state index < -0.39 is 0 Å². The summed E-state index contributed by atoms with van der Waals surface area (Å²) in [7, 11) is 0. The van der Waals surface area contributed by atoms with Gasteiger partial charge in [0.05, 0.1) is 11.4 Å². The number of hydrogen-bond acceptors (Lipinski definition) is 2. The van der Waals surface area contributed by atoms with Crippen molar-refractivity contribution in [3.8, 4) is 0 Å². The van der Waals surface area contributed by atoms with Gasteiger partial charge < -0.3 is 11.1 Å². The van der Waals surface area contributed by atoms with E-state index in [1.807, 2.05) is 36.4 Å². The molecule has 2 heteroatoms. The number of nitrogens with two attached hydrogens (primary N) is 1. The van der Waals surface area contributed by atoms with Crippen LogP contribution in [0.4, 0.5) is 17.1 Å². The van der Waals surface area contributed by atoms with Gasteiger partial charge in [0, 0.05) is 5.69 Å². The molecule has 0 fully saturated rings. The van der Waals surface area contributed by atoms with Crippen LogP contribution < -0.4 is 11.1 Å². The first-order valence-electron chi connectivity index (χ1n) is 7.28. The van der Waals surface area contributed by atoms with Gasteiger partial charge in [-0.25, -0.2) is 0 Å². The Morgan fingerprint density at radius 3 is 2.30 bits per heavy atom. The second-order valence-electron chi connectivity index (χ2n) is 5.83. The van der Waals surface area contributed by atoms with E-state index in [2.05, 4.69) is 38.2 Å². The maximum absolute atomic E-state index is 6.35. The molecule has 0 aromatic heterocycles. The molecule has 3 N–H and O–H groups in total. The topological polar surface area (TPSA) is 38.0 Å². The Hall–Kier alpha value is -1.96. The van der Waals surface area contributed by atoms with Gasteiger partial charge in [0.15, 0.2) is 0 Å². The molecule has 0 aliphatic rings. The van der Waals surface area contributed by atoms with Crippen LogP contribution in [0.5, 0.6) is 0 Å². The Bertz CT molecular complexity index is 547. The van der Waals surface area contributed by atoms with Crippen molar-refractivity contribution in [3.05, 3.63) is 54.1 Å². The molecule has 2 rings (SSSR count). The highest BCUT2D eigenvalue weighted by molar-refractivity contribution is 5.75. The van der Waals surface area contributed by atoms with Crippen LogP contribution in [0.15, 0.2) is 48.5 Å². The van der Waals surface area contributed by atoms with Crippen molar-refractivity contribution in [2.75, 3.05) is 11.1 Å². The van der Waals surface area contributed by atoms with Gasteiger partial charge in [-0.15, -0.1) is 0 Å². The standard InChI is InChI=1S/C18H24N2/c1-13(2)12-14(3)16-10-7-11-17(18(16)19)20-15-8-5-4-6-9-15/h4-11,13-14,20H,12,19H2,1-3H3. The van der Waals surface area contributed by atoms with Gasteiger partial charge in [0.25, 0.3) is 0 Å². The third-order valence-electron chi connectivity index (χ3n) is 3.55. The maximum atomic E-state index is 6.35. The average Bonchev–Trinajstić information content (AvgIpc) is 2.41. The molecule has 1 atom stereocenters. The minimum atomic E-state index is 0.479. The zero-order valence-corrected chi connectivity index (χ0v) is 12.6. The fourth-order valence-corrected chi connectivity index (χ4v) is 2.63. The van der Waals surface area contributed by atoms with Crippen molar-refractivity contribution in [1.82, 2.24) is 0 Å². The summed E-state index contributed by atoms with van der Waals surface area (Å²) < 4.78 is 0. The lowest BCUT2D eigenvalue weighted by Gasteiger charge is -2.19. The van der Waals surface area contributed by atoms with Crippen molar-refractivity contribution >= 4 is 17.1 Å². The van der Waals surface area contributed by atoms with Crippen LogP contribution in [0, 0.1) is 5.92 Å². The molecule has 0 aliphatic heterocycles. The average molecular weight is 268 g/mol. The van der Waals surface area contributed by atoms with Crippen LogP contribution in [0.1, 0.15) is 38.7 Å². The molecule has 0 bridgehead atoms. The lowest BCUT2D eigenvalue weighted by Crippen LogP contribution is -2.05. The van der Waals surface area contributed by atoms with Crippen LogP contribution >= 0.6 is 0 Å². The van der Waals surface area contributed by atoms with Crippen LogP contribution in [-0.4, -0.2) is 0 Å². The predicted molar refractivity (Wildman–Crippen MR) is 88.4 cm³/mol. The van der Waals surface area contributed by atoms with Gasteiger partial charge >= 0.3 is 0 Å². The fraction of sp³-hybridized carbons (Fsp3) is 0.333. The molecule has 2 aromatic carbocycles. The lowest BCUT2D eigenvalue weighted by molar-refractivity contribution is 0.524. The molecule has 20 heavy (non-hydrogen) atoms. The quantitative estimate of drug-likeness (QED) is 0.735. The third-order valence-corrected chi connectivity index (χ3v) is 3.55. The molecule has 0 amide bonds. The Morgan fingerprint density at radius 2 is 1.65 bits per heavy atom. The summed E-state index contributed by atoms with van der Waals surface area (Å²) in [4.78, 5) is 0. The fourth-order valence-electron chi connectivity index (χ4n) is 2.63. The number of anilines is 3. The molecule has 0 saturated heterocycles. The molecule has 2 nitrogen and oxygen atoms in total. The summed E-state index contributed by atoms with van der Waals surface area (Å²) in [5.41, 5.74) is 10.5. The van der Waals surface area contributed by atoms with Gasteiger partial charge in [0.1, 0.15) is 0 Å². The largest absolute Gasteiger partial charge is 0.397 e. The molecule has 0 aliphatic carbocycles. The van der Waals surface area contributed by atoms with E-state index >= 15 is 0 Å². The maximum Gasteiger partial charge on any atom is 0.0620 e. The van der Waals surface area contributed by atoms with E-state index in [1.54, 1.807) is 0 Å². The van der Waals surface area contributed by atoms with Crippen LogP contribution in [0.3, 0.4) is 0 Å². The molecule has 1 unspecified atom stereocenters. The zero-order chi connectivity index (χ0) is 14.5. The molecule has 0 radical (unpaired) electrons. The molecule has 2 aromatic rings. The molecule has 0 heterocycles. The number of nitrogen functional groups attached to an aromatic ring is 1. The number of nitrogens with one attached hydrogen (secondary N) is 1. The van der Waals surface area contributed by atoms with Crippen molar-refractivity contribution < 1.29 is 0 Å². The molecular formula is C18H24N2. The molecule has 0 spiro atoms. The van der Waals surface area contributed by atoms with Crippen LogP contribution in [0.2, 0.25) is 0 Å². The van der Waals surface area contributed by atoms with E-state index in [1.165, 1.54) is 5.56 Å². The number of para-hydroxylation sites is 2. The summed E-state index contributed by atoms with van der Waals surface area (Å²) in [6.07, 6.45) is 1.15. The predicted octanol–water partition coefficient (Wildman–Crippen LogP) is 5.16. The molecule has 106 valence electrons. The first-order valence-corrected chi connectivity index (χ1v) is 7.28. The van der Waals surface area contributed by atoms with E-state index in [4.69, 9.17) is 5.73 Å². The van der Waals surface area contributed by atoms with E-state index in [9.17, 15) is 0 Å². The monoisotopic (exact) mass is 268 g/mol. The Morgan fingerprint density at radius 1 is 0.950 bits per heavy atom. The van der Waals surface area contributed by atoms with Gasteiger partial charge in [0.2, 0.25) is 0 Å². The zero-order valence-electron chi connectivity index (χ0n) is 12.6. The van der Waals surface area contributed by atoms with Crippen molar-refractivity contribution in [2.24, 2.45) is 5.92 Å². The summed E-state index contributed by atoms with van der Waals surface area (Å²) in [5, 5.41) is 3.40. The lowest BCUT2D eigenvalue weighted by atomic mass is 9.90. The smallest absolute Gasteiger partial charge is 0.0620 e. The van der Waals surface area contributed by atoms with Crippen molar-refractivity contribution in [2.45, 2.75) is 33.1 Å². The Labute approximate surface area is 122 Å². The Balaban J connectivity index is 2.23. The first kappa shape index (κ1) is 14.4. The molecular weight excluding hydrogens is 244 g/mol. The van der Waals surface area contributed by atoms with Crippen molar-refractivity contribution in [1.29, 1.82) is 0 Å². The number of rotatable bonds is 5. The minimum Gasteiger partial charge on any atom is -0.397 e. The van der Waals surface area contributed by atoms with E-state index in [0.717, 1.165) is 23.5 Å². The van der Waals surface area contributed by atoms with Gasteiger partial charge in [-0.1, -0.05) is 51.1 Å². The van der Waals surface area contributed by atoms with Gasteiger partial charge in [-0.3, -0.25) is 0 Å². The van der Waals surface area contributed by atoms with E-state index in [0.29, 0.717) is 11.8 Å². The summed E-state index contributed by atoms with van der Waals surface area (Å²) >= 11 is 0. The third kappa shape index (κ3) is 3.53. The highest BCUT2D eigenvalue weighted by Crippen LogP contribution is 2.33. The van der Waals surface area contributed by atoms with E-state index in [-0.39, 0.29) is 0 Å². The van der Waals surface area contributed by atoms with Crippen LogP contribution in [-0.2, 0) is 0 Å². The second-order valence-corrected chi connectivity index (χ2v) is 5.83. The minimum absolute atomic E-state index is 0.479.